The van der Waals surface area contributed by atoms with Gasteiger partial charge < -0.3 is 19.4 Å². The van der Waals surface area contributed by atoms with Crippen LogP contribution < -0.4 is 9.80 Å². The minimum absolute atomic E-state index is 0.0154. The van der Waals surface area contributed by atoms with Gasteiger partial charge in [-0.1, -0.05) is 0 Å². The highest BCUT2D eigenvalue weighted by molar-refractivity contribution is 5.76. The predicted molar refractivity (Wildman–Crippen MR) is 128 cm³/mol. The number of ether oxygens (including phenoxy) is 1. The van der Waals surface area contributed by atoms with E-state index in [1.54, 1.807) is 18.6 Å². The van der Waals surface area contributed by atoms with E-state index in [1.807, 2.05) is 31.7 Å². The lowest BCUT2D eigenvalue weighted by atomic mass is 9.98. The van der Waals surface area contributed by atoms with Crippen LogP contribution in [0.1, 0.15) is 58.6 Å². The van der Waals surface area contributed by atoms with Crippen LogP contribution >= 0.6 is 0 Å². The molecule has 34 heavy (non-hydrogen) atoms. The average Bonchev–Trinajstić information content (AvgIpc) is 3.49. The van der Waals surface area contributed by atoms with Gasteiger partial charge in [0.25, 0.3) is 0 Å². The normalized spacial score (nSPS) is 23.0. The molecule has 1 unspecified atom stereocenters. The largest absolute Gasteiger partial charge is 0.444 e. The molecule has 5 rings (SSSR count). The van der Waals surface area contributed by atoms with Gasteiger partial charge in [0.2, 0.25) is 0 Å². The van der Waals surface area contributed by atoms with E-state index >= 15 is 0 Å². The van der Waals surface area contributed by atoms with E-state index in [1.165, 1.54) is 5.56 Å². The number of piperazine rings is 1. The number of rotatable bonds is 2. The molecule has 1 saturated heterocycles. The maximum Gasteiger partial charge on any atom is 0.410 e. The second-order valence-electron chi connectivity index (χ2n) is 10.8. The second-order valence-corrected chi connectivity index (χ2v) is 10.8. The van der Waals surface area contributed by atoms with Crippen molar-refractivity contribution in [1.29, 1.82) is 5.26 Å². The van der Waals surface area contributed by atoms with Gasteiger partial charge >= 0.3 is 6.09 Å². The first kappa shape index (κ1) is 22.4. The number of aromatic nitrogens is 3. The zero-order chi connectivity index (χ0) is 24.3. The van der Waals surface area contributed by atoms with Crippen molar-refractivity contribution in [2.24, 2.45) is 0 Å². The Morgan fingerprint density at radius 2 is 1.88 bits per heavy atom. The van der Waals surface area contributed by atoms with Gasteiger partial charge in [-0.25, -0.2) is 19.7 Å². The zero-order valence-electron chi connectivity index (χ0n) is 20.4. The van der Waals surface area contributed by atoms with E-state index in [9.17, 15) is 10.1 Å². The molecule has 1 amide bonds. The maximum atomic E-state index is 12.8. The maximum absolute atomic E-state index is 12.8. The summed E-state index contributed by atoms with van der Waals surface area (Å²) in [7, 11) is 0. The highest BCUT2D eigenvalue weighted by atomic mass is 16.6. The Morgan fingerprint density at radius 1 is 1.15 bits per heavy atom. The number of anilines is 3. The summed E-state index contributed by atoms with van der Waals surface area (Å²) in [4.78, 5) is 33.0. The third-order valence-electron chi connectivity index (χ3n) is 6.94. The monoisotopic (exact) mass is 461 g/mol. The van der Waals surface area contributed by atoms with Gasteiger partial charge in [0.1, 0.15) is 29.4 Å². The van der Waals surface area contributed by atoms with Gasteiger partial charge in [0.15, 0.2) is 0 Å². The fourth-order valence-corrected chi connectivity index (χ4v) is 5.10. The molecule has 2 aliphatic heterocycles. The van der Waals surface area contributed by atoms with E-state index < -0.39 is 5.60 Å². The number of nitriles is 1. The highest BCUT2D eigenvalue weighted by Gasteiger charge is 2.56. The van der Waals surface area contributed by atoms with Gasteiger partial charge in [-0.3, -0.25) is 0 Å². The van der Waals surface area contributed by atoms with Crippen molar-refractivity contribution in [3.8, 4) is 6.07 Å². The van der Waals surface area contributed by atoms with Crippen LogP contribution in [0.4, 0.5) is 22.2 Å². The fraction of sp³-hybridized carbons (Fsp3) is 0.560. The summed E-state index contributed by atoms with van der Waals surface area (Å²) in [6.07, 6.45) is 5.18. The number of carbonyl (C=O) groups excluding carboxylic acids is 1. The fourth-order valence-electron chi connectivity index (χ4n) is 5.10. The Labute approximate surface area is 200 Å². The number of pyridine rings is 1. The lowest BCUT2D eigenvalue weighted by Crippen LogP contribution is -2.59. The van der Waals surface area contributed by atoms with Crippen molar-refractivity contribution in [2.75, 3.05) is 29.4 Å². The lowest BCUT2D eigenvalue weighted by molar-refractivity contribution is 0.0129. The van der Waals surface area contributed by atoms with Crippen molar-refractivity contribution in [1.82, 2.24) is 19.9 Å². The van der Waals surface area contributed by atoms with Crippen molar-refractivity contribution in [2.45, 2.75) is 70.6 Å². The van der Waals surface area contributed by atoms with Crippen LogP contribution in [0.3, 0.4) is 0 Å². The van der Waals surface area contributed by atoms with Crippen LogP contribution in [0.2, 0.25) is 0 Å². The molecule has 9 nitrogen and oxygen atoms in total. The van der Waals surface area contributed by atoms with Crippen LogP contribution in [0.5, 0.6) is 0 Å². The molecule has 2 atom stereocenters. The molecular formula is C25H31N7O2. The summed E-state index contributed by atoms with van der Waals surface area (Å²) in [5.74, 6) is 2.56. The minimum atomic E-state index is -0.524. The van der Waals surface area contributed by atoms with Gasteiger partial charge in [0, 0.05) is 48.9 Å². The third-order valence-corrected chi connectivity index (χ3v) is 6.94. The summed E-state index contributed by atoms with van der Waals surface area (Å²) < 4.78 is 5.64. The standard InChI is InChI=1S/C25H31N7O2/c1-16-13-31(23(33)34-24(3,4)5)17(2)12-30(16)21-20-22(29-15-28-21)32(14-25(20)7-8-25)19-10-18(11-26)6-9-27-19/h6,9-10,15-17H,7-8,12-14H2,1-5H3/t16-,17?/m1/s1. The lowest BCUT2D eigenvalue weighted by Gasteiger charge is -2.45. The molecule has 1 saturated carbocycles. The number of hydrogen-bond donors (Lipinski definition) is 0. The van der Waals surface area contributed by atoms with E-state index in [2.05, 4.69) is 39.7 Å². The smallest absolute Gasteiger partial charge is 0.410 e. The first-order valence-corrected chi connectivity index (χ1v) is 11.9. The summed E-state index contributed by atoms with van der Waals surface area (Å²) in [6.45, 7) is 11.9. The summed E-state index contributed by atoms with van der Waals surface area (Å²) in [6, 6.07) is 5.79. The van der Waals surface area contributed by atoms with Crippen LogP contribution in [-0.2, 0) is 10.2 Å². The minimum Gasteiger partial charge on any atom is -0.444 e. The SMILES string of the molecule is CC1CN(c2ncnc3c2C2(CC2)CN3c2cc(C#N)ccn2)[C@H](C)CN1C(=O)OC(C)(C)C. The average molecular weight is 462 g/mol. The molecule has 2 aromatic heterocycles. The summed E-state index contributed by atoms with van der Waals surface area (Å²) in [5.41, 5.74) is 1.24. The van der Waals surface area contributed by atoms with Gasteiger partial charge in [-0.05, 0) is 59.6 Å². The Hall–Kier alpha value is -3.41. The van der Waals surface area contributed by atoms with Crippen LogP contribution in [0, 0.1) is 11.3 Å². The molecule has 0 aromatic carbocycles. The number of amides is 1. The molecule has 9 heteroatoms. The molecule has 2 fully saturated rings. The Balaban J connectivity index is 1.46. The summed E-state index contributed by atoms with van der Waals surface area (Å²) in [5, 5.41) is 9.34. The topological polar surface area (TPSA) is 98.5 Å². The highest BCUT2D eigenvalue weighted by Crippen LogP contribution is 2.59. The second kappa shape index (κ2) is 7.83. The van der Waals surface area contributed by atoms with Crippen molar-refractivity contribution < 1.29 is 9.53 Å². The van der Waals surface area contributed by atoms with E-state index in [4.69, 9.17) is 9.72 Å². The van der Waals surface area contributed by atoms with Crippen LogP contribution in [-0.4, -0.2) is 63.3 Å². The van der Waals surface area contributed by atoms with Gasteiger partial charge in [-0.15, -0.1) is 0 Å². The van der Waals surface area contributed by atoms with Crippen molar-refractivity contribution >= 4 is 23.5 Å². The van der Waals surface area contributed by atoms with Crippen molar-refractivity contribution in [3.63, 3.8) is 0 Å². The van der Waals surface area contributed by atoms with Crippen LogP contribution in [0.25, 0.3) is 0 Å². The van der Waals surface area contributed by atoms with Crippen molar-refractivity contribution in [3.05, 3.63) is 35.8 Å². The zero-order valence-corrected chi connectivity index (χ0v) is 20.4. The molecule has 1 aliphatic carbocycles. The van der Waals surface area contributed by atoms with Crippen LogP contribution in [0.15, 0.2) is 24.7 Å². The number of nitrogens with zero attached hydrogens (tertiary/aromatic N) is 7. The molecule has 178 valence electrons. The molecule has 3 aliphatic rings. The molecule has 1 spiro atoms. The predicted octanol–water partition coefficient (Wildman–Crippen LogP) is 3.76. The molecule has 0 bridgehead atoms. The summed E-state index contributed by atoms with van der Waals surface area (Å²) >= 11 is 0. The quantitative estimate of drug-likeness (QED) is 0.667. The molecule has 4 heterocycles. The molecular weight excluding hydrogens is 430 g/mol. The first-order chi connectivity index (χ1) is 16.1. The Bertz CT molecular complexity index is 1160. The first-order valence-electron chi connectivity index (χ1n) is 11.9. The molecule has 0 N–H and O–H groups in total. The Morgan fingerprint density at radius 3 is 2.56 bits per heavy atom. The van der Waals surface area contributed by atoms with E-state index in [0.717, 1.165) is 36.8 Å². The number of hydrogen-bond acceptors (Lipinski definition) is 8. The molecule has 0 radical (unpaired) electrons. The van der Waals surface area contributed by atoms with E-state index in [0.29, 0.717) is 18.7 Å². The van der Waals surface area contributed by atoms with Gasteiger partial charge in [-0.2, -0.15) is 5.26 Å². The third kappa shape index (κ3) is 3.81. The van der Waals surface area contributed by atoms with E-state index in [-0.39, 0.29) is 23.6 Å². The molecule has 2 aromatic rings. The van der Waals surface area contributed by atoms with Gasteiger partial charge in [0.05, 0.1) is 11.6 Å². The number of fused-ring (bicyclic) bond motifs is 2. The number of carbonyl (C=O) groups is 1. The Kier molecular flexibility index (Phi) is 5.15.